The van der Waals surface area contributed by atoms with Crippen LogP contribution in [0.3, 0.4) is 0 Å². The summed E-state index contributed by atoms with van der Waals surface area (Å²) in [5, 5.41) is 2.58. The zero-order valence-corrected chi connectivity index (χ0v) is 10.9. The summed E-state index contributed by atoms with van der Waals surface area (Å²) in [5.41, 5.74) is 2.24. The van der Waals surface area contributed by atoms with Gasteiger partial charge in [-0.05, 0) is 29.2 Å². The highest BCUT2D eigenvalue weighted by atomic mass is 32.2. The smallest absolute Gasteiger partial charge is 0.0713 e. The molecule has 0 amide bonds. The number of benzene rings is 2. The average Bonchev–Trinajstić information content (AvgIpc) is 2.47. The molecule has 0 N–H and O–H groups in total. The van der Waals surface area contributed by atoms with Gasteiger partial charge in [-0.15, -0.1) is 11.8 Å². The highest BCUT2D eigenvalue weighted by Crippen LogP contribution is 2.35. The minimum atomic E-state index is 1.03. The van der Waals surface area contributed by atoms with Gasteiger partial charge in [0.1, 0.15) is 0 Å². The Labute approximate surface area is 111 Å². The lowest BCUT2D eigenvalue weighted by Crippen LogP contribution is -1.87. The topological polar surface area (TPSA) is 12.9 Å². The molecule has 1 heterocycles. The molecule has 0 saturated heterocycles. The molecular weight excluding hydrogens is 238 g/mol. The van der Waals surface area contributed by atoms with Crippen LogP contribution in [0, 0.1) is 0 Å². The quantitative estimate of drug-likeness (QED) is 0.616. The van der Waals surface area contributed by atoms with Crippen LogP contribution < -0.4 is 0 Å². The van der Waals surface area contributed by atoms with Crippen molar-refractivity contribution in [2.45, 2.75) is 4.90 Å². The fourth-order valence-corrected chi connectivity index (χ4v) is 2.99. The molecule has 1 nitrogen and oxygen atoms in total. The van der Waals surface area contributed by atoms with E-state index in [1.165, 1.54) is 21.2 Å². The molecule has 3 aromatic rings. The van der Waals surface area contributed by atoms with E-state index in [-0.39, 0.29) is 0 Å². The third-order valence-corrected chi connectivity index (χ3v) is 3.87. The molecule has 0 fully saturated rings. The van der Waals surface area contributed by atoms with Crippen LogP contribution in [-0.4, -0.2) is 11.2 Å². The van der Waals surface area contributed by atoms with Crippen molar-refractivity contribution in [3.8, 4) is 11.3 Å². The summed E-state index contributed by atoms with van der Waals surface area (Å²) in [5.74, 6) is 0. The Kier molecular flexibility index (Phi) is 3.03. The van der Waals surface area contributed by atoms with Gasteiger partial charge < -0.3 is 0 Å². The molecule has 2 heteroatoms. The molecule has 2 aromatic carbocycles. The maximum Gasteiger partial charge on any atom is 0.0713 e. The lowest BCUT2D eigenvalue weighted by molar-refractivity contribution is 1.31. The first kappa shape index (κ1) is 11.3. The van der Waals surface area contributed by atoms with Crippen LogP contribution in [0.4, 0.5) is 0 Å². The Balaban J connectivity index is 2.31. The van der Waals surface area contributed by atoms with Crippen LogP contribution in [0.25, 0.3) is 22.0 Å². The third kappa shape index (κ3) is 1.89. The summed E-state index contributed by atoms with van der Waals surface area (Å²) in [7, 11) is 0. The van der Waals surface area contributed by atoms with Gasteiger partial charge in [0.05, 0.1) is 5.69 Å². The highest BCUT2D eigenvalue weighted by molar-refractivity contribution is 7.99. The number of thioether (sulfide) groups is 1. The first-order chi connectivity index (χ1) is 8.90. The number of hydrogen-bond donors (Lipinski definition) is 0. The van der Waals surface area contributed by atoms with E-state index >= 15 is 0 Å². The van der Waals surface area contributed by atoms with E-state index < -0.39 is 0 Å². The second-order valence-electron chi connectivity index (χ2n) is 4.08. The average molecular weight is 251 g/mol. The molecule has 3 rings (SSSR count). The molecule has 0 saturated carbocycles. The largest absolute Gasteiger partial charge is 0.256 e. The third-order valence-electron chi connectivity index (χ3n) is 3.02. The highest BCUT2D eigenvalue weighted by Gasteiger charge is 2.08. The molecule has 0 aliphatic heterocycles. The molecule has 0 spiro atoms. The first-order valence-electron chi connectivity index (χ1n) is 5.87. The standard InChI is InChI=1S/C16H13NS/c1-18-16-13-7-3-2-6-12(13)9-10-14(16)15-8-4-5-11-17-15/h2-11H,1H3. The second-order valence-corrected chi connectivity index (χ2v) is 4.90. The molecule has 0 atom stereocenters. The number of pyridine rings is 1. The molecule has 0 unspecified atom stereocenters. The van der Waals surface area contributed by atoms with Crippen molar-refractivity contribution in [3.63, 3.8) is 0 Å². The van der Waals surface area contributed by atoms with E-state index in [2.05, 4.69) is 53.7 Å². The number of aromatic nitrogens is 1. The lowest BCUT2D eigenvalue weighted by Gasteiger charge is -2.10. The molecule has 0 bridgehead atoms. The van der Waals surface area contributed by atoms with Crippen molar-refractivity contribution in [1.82, 2.24) is 4.98 Å². The van der Waals surface area contributed by atoms with Crippen LogP contribution in [0.1, 0.15) is 0 Å². The van der Waals surface area contributed by atoms with Gasteiger partial charge >= 0.3 is 0 Å². The molecule has 0 radical (unpaired) electrons. The van der Waals surface area contributed by atoms with Gasteiger partial charge in [-0.2, -0.15) is 0 Å². The summed E-state index contributed by atoms with van der Waals surface area (Å²) in [6.07, 6.45) is 3.96. The van der Waals surface area contributed by atoms with Gasteiger partial charge in [0.25, 0.3) is 0 Å². The fourth-order valence-electron chi connectivity index (χ4n) is 2.19. The van der Waals surface area contributed by atoms with Crippen molar-refractivity contribution in [1.29, 1.82) is 0 Å². The lowest BCUT2D eigenvalue weighted by atomic mass is 10.0. The predicted octanol–water partition coefficient (Wildman–Crippen LogP) is 4.62. The summed E-state index contributed by atoms with van der Waals surface area (Å²) in [6.45, 7) is 0. The first-order valence-corrected chi connectivity index (χ1v) is 7.10. The van der Waals surface area contributed by atoms with Crippen molar-refractivity contribution >= 4 is 22.5 Å². The SMILES string of the molecule is CSc1c(-c2ccccn2)ccc2ccccc12. The van der Waals surface area contributed by atoms with Gasteiger partial charge in [-0.3, -0.25) is 4.98 Å². The molecule has 0 aliphatic carbocycles. The van der Waals surface area contributed by atoms with Crippen LogP contribution in [0.2, 0.25) is 0 Å². The summed E-state index contributed by atoms with van der Waals surface area (Å²) in [4.78, 5) is 5.75. The minimum Gasteiger partial charge on any atom is -0.256 e. The van der Waals surface area contributed by atoms with Crippen molar-refractivity contribution in [2.24, 2.45) is 0 Å². The number of rotatable bonds is 2. The number of hydrogen-bond acceptors (Lipinski definition) is 2. The summed E-state index contributed by atoms with van der Waals surface area (Å²) in [6, 6.07) is 18.9. The van der Waals surface area contributed by atoms with E-state index in [0.29, 0.717) is 0 Å². The van der Waals surface area contributed by atoms with Crippen molar-refractivity contribution in [3.05, 3.63) is 60.8 Å². The predicted molar refractivity (Wildman–Crippen MR) is 79.0 cm³/mol. The minimum absolute atomic E-state index is 1.03. The van der Waals surface area contributed by atoms with Gasteiger partial charge in [0, 0.05) is 16.7 Å². The van der Waals surface area contributed by atoms with Crippen LogP contribution >= 0.6 is 11.8 Å². The summed E-state index contributed by atoms with van der Waals surface area (Å²) < 4.78 is 0. The van der Waals surface area contributed by atoms with Gasteiger partial charge in [0.15, 0.2) is 0 Å². The van der Waals surface area contributed by atoms with Gasteiger partial charge in [-0.1, -0.05) is 42.5 Å². The Morgan fingerprint density at radius 2 is 1.72 bits per heavy atom. The fraction of sp³-hybridized carbons (Fsp3) is 0.0625. The van der Waals surface area contributed by atoms with Crippen molar-refractivity contribution < 1.29 is 0 Å². The van der Waals surface area contributed by atoms with E-state index in [4.69, 9.17) is 0 Å². The normalized spacial score (nSPS) is 10.7. The van der Waals surface area contributed by atoms with Crippen LogP contribution in [-0.2, 0) is 0 Å². The molecular formula is C16H13NS. The van der Waals surface area contributed by atoms with E-state index in [0.717, 1.165) is 5.69 Å². The molecule has 0 aliphatic rings. The molecule has 18 heavy (non-hydrogen) atoms. The van der Waals surface area contributed by atoms with Crippen LogP contribution in [0.5, 0.6) is 0 Å². The van der Waals surface area contributed by atoms with Gasteiger partial charge in [0.2, 0.25) is 0 Å². The van der Waals surface area contributed by atoms with Crippen molar-refractivity contribution in [2.75, 3.05) is 6.26 Å². The molecule has 1 aromatic heterocycles. The molecule has 88 valence electrons. The monoisotopic (exact) mass is 251 g/mol. The summed E-state index contributed by atoms with van der Waals surface area (Å²) >= 11 is 1.78. The Morgan fingerprint density at radius 1 is 0.889 bits per heavy atom. The van der Waals surface area contributed by atoms with E-state index in [1.807, 2.05) is 18.3 Å². The zero-order valence-electron chi connectivity index (χ0n) is 10.1. The Hall–Kier alpha value is -1.80. The second kappa shape index (κ2) is 4.83. The van der Waals surface area contributed by atoms with E-state index in [1.54, 1.807) is 11.8 Å². The van der Waals surface area contributed by atoms with E-state index in [9.17, 15) is 0 Å². The Bertz CT molecular complexity index is 677. The van der Waals surface area contributed by atoms with Crippen LogP contribution in [0.15, 0.2) is 65.7 Å². The van der Waals surface area contributed by atoms with Gasteiger partial charge in [-0.25, -0.2) is 0 Å². The number of fused-ring (bicyclic) bond motifs is 1. The maximum atomic E-state index is 4.45. The Morgan fingerprint density at radius 3 is 2.50 bits per heavy atom. The number of nitrogens with zero attached hydrogens (tertiary/aromatic N) is 1. The zero-order chi connectivity index (χ0) is 12.4. The maximum absolute atomic E-state index is 4.45.